The molecule has 5 heteroatoms. The van der Waals surface area contributed by atoms with E-state index in [9.17, 15) is 0 Å². The maximum absolute atomic E-state index is 3.64. The molecule has 2 heterocycles. The van der Waals surface area contributed by atoms with Gasteiger partial charge in [-0.2, -0.15) is 0 Å². The molecule has 0 aliphatic rings. The molecule has 0 aromatic carbocycles. The van der Waals surface area contributed by atoms with Crippen LogP contribution < -0.4 is 0 Å². The molecule has 0 aliphatic heterocycles. The van der Waals surface area contributed by atoms with Crippen LogP contribution in [0.5, 0.6) is 0 Å². The molecule has 0 saturated carbocycles. The summed E-state index contributed by atoms with van der Waals surface area (Å²) in [4.78, 5) is 2.78. The first kappa shape index (κ1) is 13.3. The number of hydrogen-bond donors (Lipinski definition) is 0. The average Bonchev–Trinajstić information content (AvgIpc) is 2.82. The molecule has 0 fully saturated rings. The van der Waals surface area contributed by atoms with E-state index < -0.39 is 0 Å². The van der Waals surface area contributed by atoms with Crippen LogP contribution in [-0.4, -0.2) is 5.33 Å². The van der Waals surface area contributed by atoms with Crippen LogP contribution in [0.3, 0.4) is 0 Å². The lowest BCUT2D eigenvalue weighted by molar-refractivity contribution is 0.955. The van der Waals surface area contributed by atoms with E-state index in [1.807, 2.05) is 11.3 Å². The van der Waals surface area contributed by atoms with Crippen LogP contribution in [0.25, 0.3) is 10.4 Å². The van der Waals surface area contributed by atoms with Gasteiger partial charge in [0.15, 0.2) is 0 Å². The van der Waals surface area contributed by atoms with Crippen molar-refractivity contribution in [2.45, 2.75) is 12.8 Å². The van der Waals surface area contributed by atoms with Gasteiger partial charge in [0.25, 0.3) is 0 Å². The number of rotatable bonds is 4. The Morgan fingerprint density at radius 3 is 2.69 bits per heavy atom. The highest BCUT2D eigenvalue weighted by molar-refractivity contribution is 9.11. The second-order valence-corrected chi connectivity index (χ2v) is 8.30. The highest BCUT2D eigenvalue weighted by atomic mass is 79.9. The fourth-order valence-electron chi connectivity index (χ4n) is 1.41. The number of thiophene rings is 2. The average molecular weight is 445 g/mol. The zero-order valence-corrected chi connectivity index (χ0v) is 14.7. The summed E-state index contributed by atoms with van der Waals surface area (Å²) < 4.78 is 2.46. The van der Waals surface area contributed by atoms with Gasteiger partial charge in [-0.25, -0.2) is 0 Å². The Bertz CT molecular complexity index is 473. The Balaban J connectivity index is 2.27. The molecule has 16 heavy (non-hydrogen) atoms. The lowest BCUT2D eigenvalue weighted by atomic mass is 10.2. The van der Waals surface area contributed by atoms with Crippen LogP contribution in [0.1, 0.15) is 11.3 Å². The quantitative estimate of drug-likeness (QED) is 0.483. The second kappa shape index (κ2) is 6.14. The van der Waals surface area contributed by atoms with E-state index in [4.69, 9.17) is 0 Å². The molecule has 86 valence electrons. The van der Waals surface area contributed by atoms with Gasteiger partial charge in [-0.1, -0.05) is 15.9 Å². The van der Waals surface area contributed by atoms with Gasteiger partial charge in [0.2, 0.25) is 0 Å². The molecule has 2 rings (SSSR count). The maximum atomic E-state index is 3.64. The first-order valence-corrected chi connectivity index (χ1v) is 9.20. The molecular formula is C11H9Br3S2. The van der Waals surface area contributed by atoms with Gasteiger partial charge in [0.05, 0.1) is 3.79 Å². The smallest absolute Gasteiger partial charge is 0.0784 e. The third kappa shape index (κ3) is 2.99. The van der Waals surface area contributed by atoms with E-state index in [1.54, 1.807) is 11.3 Å². The first-order valence-electron chi connectivity index (χ1n) is 4.80. The van der Waals surface area contributed by atoms with Crippen molar-refractivity contribution in [3.63, 3.8) is 0 Å². The van der Waals surface area contributed by atoms with Gasteiger partial charge in [-0.05, 0) is 62.2 Å². The number of halogens is 3. The Hall–Kier alpha value is 0.840. The zero-order chi connectivity index (χ0) is 11.5. The molecule has 0 bridgehead atoms. The van der Waals surface area contributed by atoms with Crippen molar-refractivity contribution in [2.75, 3.05) is 5.33 Å². The SMILES string of the molecule is BrCCCc1sc(-c2ccsc2Br)cc1Br. The van der Waals surface area contributed by atoms with Crippen LogP contribution in [0.2, 0.25) is 0 Å². The molecule has 0 radical (unpaired) electrons. The van der Waals surface area contributed by atoms with Crippen molar-refractivity contribution in [2.24, 2.45) is 0 Å². The molecule has 2 aromatic rings. The minimum Gasteiger partial charge on any atom is -0.139 e. The molecule has 0 N–H and O–H groups in total. The van der Waals surface area contributed by atoms with Crippen molar-refractivity contribution >= 4 is 70.5 Å². The van der Waals surface area contributed by atoms with E-state index >= 15 is 0 Å². The predicted octanol–water partition coefficient (Wildman–Crippen LogP) is 6.33. The summed E-state index contributed by atoms with van der Waals surface area (Å²) >= 11 is 14.3. The van der Waals surface area contributed by atoms with E-state index in [0.29, 0.717) is 0 Å². The lowest BCUT2D eigenvalue weighted by Gasteiger charge is -1.94. The number of alkyl halides is 1. The molecule has 0 unspecified atom stereocenters. The van der Waals surface area contributed by atoms with Gasteiger partial charge in [0, 0.05) is 25.1 Å². The summed E-state index contributed by atoms with van der Waals surface area (Å²) in [7, 11) is 0. The minimum atomic E-state index is 1.06. The van der Waals surface area contributed by atoms with Crippen molar-refractivity contribution in [1.29, 1.82) is 0 Å². The van der Waals surface area contributed by atoms with Crippen molar-refractivity contribution in [3.8, 4) is 10.4 Å². The highest BCUT2D eigenvalue weighted by Crippen LogP contribution is 2.40. The van der Waals surface area contributed by atoms with Gasteiger partial charge in [-0.3, -0.25) is 0 Å². The predicted molar refractivity (Wildman–Crippen MR) is 85.1 cm³/mol. The standard InChI is InChI=1S/C11H9Br3S2/c12-4-1-2-9-8(13)6-10(16-9)7-3-5-15-11(7)14/h3,5-6H,1-2,4H2. The molecule has 0 aliphatic carbocycles. The van der Waals surface area contributed by atoms with Gasteiger partial charge in [-0.15, -0.1) is 22.7 Å². The van der Waals surface area contributed by atoms with Crippen molar-refractivity contribution in [1.82, 2.24) is 0 Å². The third-order valence-electron chi connectivity index (χ3n) is 2.18. The second-order valence-electron chi connectivity index (χ2n) is 3.28. The Labute approximate surface area is 128 Å². The highest BCUT2D eigenvalue weighted by Gasteiger charge is 2.11. The molecule has 0 spiro atoms. The number of hydrogen-bond acceptors (Lipinski definition) is 2. The minimum absolute atomic E-state index is 1.06. The van der Waals surface area contributed by atoms with E-state index in [-0.39, 0.29) is 0 Å². The summed E-state index contributed by atoms with van der Waals surface area (Å²) in [5.41, 5.74) is 1.31. The summed E-state index contributed by atoms with van der Waals surface area (Å²) in [6.45, 7) is 0. The van der Waals surface area contributed by atoms with Crippen LogP contribution in [0, 0.1) is 0 Å². The van der Waals surface area contributed by atoms with Crippen LogP contribution >= 0.6 is 70.5 Å². The monoisotopic (exact) mass is 442 g/mol. The molecular weight excluding hydrogens is 436 g/mol. The molecule has 0 nitrogen and oxygen atoms in total. The zero-order valence-electron chi connectivity index (χ0n) is 8.30. The van der Waals surface area contributed by atoms with E-state index in [1.165, 1.54) is 30.0 Å². The van der Waals surface area contributed by atoms with Gasteiger partial charge in [0.1, 0.15) is 0 Å². The molecule has 2 aromatic heterocycles. The van der Waals surface area contributed by atoms with E-state index in [2.05, 4.69) is 65.3 Å². The van der Waals surface area contributed by atoms with E-state index in [0.717, 1.165) is 11.8 Å². The van der Waals surface area contributed by atoms with Crippen LogP contribution in [0.15, 0.2) is 25.8 Å². The Morgan fingerprint density at radius 1 is 1.25 bits per heavy atom. The first-order chi connectivity index (χ1) is 7.72. The fourth-order valence-corrected chi connectivity index (χ4v) is 5.13. The summed E-state index contributed by atoms with van der Waals surface area (Å²) in [5, 5.41) is 3.18. The summed E-state index contributed by atoms with van der Waals surface area (Å²) in [6, 6.07) is 4.39. The summed E-state index contributed by atoms with van der Waals surface area (Å²) in [5.74, 6) is 0. The molecule has 0 amide bonds. The number of aryl methyl sites for hydroxylation is 1. The normalized spacial score (nSPS) is 10.9. The van der Waals surface area contributed by atoms with Crippen molar-refractivity contribution in [3.05, 3.63) is 30.6 Å². The fraction of sp³-hybridized carbons (Fsp3) is 0.273. The Morgan fingerprint density at radius 2 is 2.06 bits per heavy atom. The Kier molecular flexibility index (Phi) is 5.09. The van der Waals surface area contributed by atoms with Crippen molar-refractivity contribution < 1.29 is 0 Å². The topological polar surface area (TPSA) is 0 Å². The maximum Gasteiger partial charge on any atom is 0.0784 e. The largest absolute Gasteiger partial charge is 0.139 e. The van der Waals surface area contributed by atoms with Gasteiger partial charge >= 0.3 is 0 Å². The summed E-state index contributed by atoms with van der Waals surface area (Å²) in [6.07, 6.45) is 2.32. The van der Waals surface area contributed by atoms with Crippen LogP contribution in [0.4, 0.5) is 0 Å². The lowest BCUT2D eigenvalue weighted by Crippen LogP contribution is -1.81. The van der Waals surface area contributed by atoms with Gasteiger partial charge < -0.3 is 0 Å². The molecule has 0 atom stereocenters. The molecule has 0 saturated heterocycles. The third-order valence-corrected chi connectivity index (χ3v) is 6.62. The van der Waals surface area contributed by atoms with Crippen LogP contribution in [-0.2, 0) is 6.42 Å².